The minimum atomic E-state index is -3.25. The topological polar surface area (TPSA) is 55.4 Å². The summed E-state index contributed by atoms with van der Waals surface area (Å²) < 4.78 is 19.9. The highest BCUT2D eigenvalue weighted by Crippen LogP contribution is 2.46. The standard InChI is InChI=1S/C23H26NO3PS/c1-4-27-22(25)18(2)23(3,19-15-16-29-17-19)24-28(26,20-11-7-5-8-12-20)21-13-9-6-10-14-21/h5-18H,4H2,1-3H3,(H,24,26)/t18-,23+/m1/s1. The van der Waals surface area contributed by atoms with Gasteiger partial charge in [-0.2, -0.15) is 11.3 Å². The fourth-order valence-electron chi connectivity index (χ4n) is 3.36. The Bertz CT molecular complexity index is 932. The molecule has 3 rings (SSSR count). The molecular weight excluding hydrogens is 401 g/mol. The Labute approximate surface area is 176 Å². The van der Waals surface area contributed by atoms with Crippen molar-refractivity contribution >= 4 is 35.2 Å². The molecule has 1 N–H and O–H groups in total. The number of thiophene rings is 1. The molecule has 152 valence electrons. The molecule has 0 aliphatic carbocycles. The maximum atomic E-state index is 14.6. The lowest BCUT2D eigenvalue weighted by Gasteiger charge is -2.38. The Morgan fingerprint density at radius 1 is 1.07 bits per heavy atom. The molecule has 0 spiro atoms. The van der Waals surface area contributed by atoms with Crippen LogP contribution in [-0.4, -0.2) is 12.6 Å². The van der Waals surface area contributed by atoms with Crippen molar-refractivity contribution in [2.24, 2.45) is 5.92 Å². The lowest BCUT2D eigenvalue weighted by molar-refractivity contribution is -0.150. The highest BCUT2D eigenvalue weighted by molar-refractivity contribution is 7.77. The van der Waals surface area contributed by atoms with Gasteiger partial charge >= 0.3 is 5.97 Å². The van der Waals surface area contributed by atoms with Gasteiger partial charge in [0.15, 0.2) is 0 Å². The van der Waals surface area contributed by atoms with Crippen LogP contribution in [0.15, 0.2) is 77.5 Å². The Hall–Kier alpha value is -2.20. The van der Waals surface area contributed by atoms with Crippen molar-refractivity contribution < 1.29 is 14.1 Å². The fraction of sp³-hybridized carbons (Fsp3) is 0.261. The Kier molecular flexibility index (Phi) is 6.74. The number of esters is 1. The van der Waals surface area contributed by atoms with E-state index in [1.807, 2.05) is 91.3 Å². The Balaban J connectivity index is 2.14. The van der Waals surface area contributed by atoms with Gasteiger partial charge in [0, 0.05) is 10.6 Å². The molecule has 2 atom stereocenters. The van der Waals surface area contributed by atoms with E-state index in [-0.39, 0.29) is 5.97 Å². The van der Waals surface area contributed by atoms with Crippen LogP contribution >= 0.6 is 18.6 Å². The van der Waals surface area contributed by atoms with E-state index in [0.29, 0.717) is 17.2 Å². The molecule has 1 heterocycles. The molecule has 29 heavy (non-hydrogen) atoms. The fourth-order valence-corrected chi connectivity index (χ4v) is 6.85. The molecule has 4 nitrogen and oxygen atoms in total. The van der Waals surface area contributed by atoms with Gasteiger partial charge in [-0.1, -0.05) is 36.4 Å². The molecule has 0 aliphatic rings. The van der Waals surface area contributed by atoms with Gasteiger partial charge in [0.05, 0.1) is 18.1 Å². The average Bonchev–Trinajstić information content (AvgIpc) is 3.30. The molecule has 0 aliphatic heterocycles. The van der Waals surface area contributed by atoms with Crippen LogP contribution in [0, 0.1) is 5.92 Å². The third kappa shape index (κ3) is 4.37. The zero-order valence-electron chi connectivity index (χ0n) is 16.9. The van der Waals surface area contributed by atoms with Crippen molar-refractivity contribution in [1.82, 2.24) is 5.09 Å². The number of hydrogen-bond acceptors (Lipinski definition) is 4. The van der Waals surface area contributed by atoms with Gasteiger partial charge in [-0.05, 0) is 67.4 Å². The van der Waals surface area contributed by atoms with Crippen molar-refractivity contribution in [2.45, 2.75) is 26.3 Å². The molecule has 0 bridgehead atoms. The van der Waals surface area contributed by atoms with E-state index >= 15 is 0 Å². The molecule has 0 unspecified atom stereocenters. The lowest BCUT2D eigenvalue weighted by atomic mass is 9.83. The number of benzene rings is 2. The summed E-state index contributed by atoms with van der Waals surface area (Å²) in [5.74, 6) is -0.862. The first-order valence-corrected chi connectivity index (χ1v) is 12.3. The van der Waals surface area contributed by atoms with E-state index in [1.165, 1.54) is 0 Å². The Morgan fingerprint density at radius 3 is 2.07 bits per heavy atom. The van der Waals surface area contributed by atoms with Crippen LogP contribution in [0.5, 0.6) is 0 Å². The number of nitrogens with one attached hydrogen (secondary N) is 1. The largest absolute Gasteiger partial charge is 0.466 e. The van der Waals surface area contributed by atoms with Crippen molar-refractivity contribution in [3.8, 4) is 0 Å². The van der Waals surface area contributed by atoms with Crippen LogP contribution in [-0.2, 0) is 19.6 Å². The molecule has 0 saturated heterocycles. The summed E-state index contributed by atoms with van der Waals surface area (Å²) in [6, 6.07) is 20.7. The molecule has 6 heteroatoms. The lowest BCUT2D eigenvalue weighted by Crippen LogP contribution is -2.49. The summed E-state index contributed by atoms with van der Waals surface area (Å²) in [5.41, 5.74) is 0.0307. The molecule has 3 aromatic rings. The molecule has 2 aromatic carbocycles. The van der Waals surface area contributed by atoms with E-state index in [1.54, 1.807) is 18.3 Å². The van der Waals surface area contributed by atoms with Gasteiger partial charge in [-0.3, -0.25) is 9.36 Å². The van der Waals surface area contributed by atoms with E-state index in [9.17, 15) is 9.36 Å². The monoisotopic (exact) mass is 427 g/mol. The zero-order chi connectivity index (χ0) is 20.9. The first kappa shape index (κ1) is 21.5. The first-order chi connectivity index (χ1) is 13.9. The van der Waals surface area contributed by atoms with E-state index in [0.717, 1.165) is 5.56 Å². The summed E-state index contributed by atoms with van der Waals surface area (Å²) in [6.45, 7) is 5.84. The summed E-state index contributed by atoms with van der Waals surface area (Å²) in [4.78, 5) is 12.7. The maximum absolute atomic E-state index is 14.6. The summed E-state index contributed by atoms with van der Waals surface area (Å²) in [6.07, 6.45) is 0. The van der Waals surface area contributed by atoms with E-state index in [4.69, 9.17) is 4.74 Å². The van der Waals surface area contributed by atoms with Crippen LogP contribution in [0.3, 0.4) is 0 Å². The summed E-state index contributed by atoms with van der Waals surface area (Å²) in [5, 5.41) is 8.79. The predicted octanol–water partition coefficient (Wildman–Crippen LogP) is 4.68. The first-order valence-electron chi connectivity index (χ1n) is 9.62. The molecule has 1 aromatic heterocycles. The van der Waals surface area contributed by atoms with Gasteiger partial charge in [0.25, 0.3) is 0 Å². The average molecular weight is 428 g/mol. The van der Waals surface area contributed by atoms with Crippen LogP contribution in [0.2, 0.25) is 0 Å². The SMILES string of the molecule is CCOC(=O)[C@@H](C)[C@](C)(NP(=O)(c1ccccc1)c1ccccc1)c1ccsc1. The Morgan fingerprint density at radius 2 is 1.62 bits per heavy atom. The number of hydrogen-bond donors (Lipinski definition) is 1. The third-order valence-electron chi connectivity index (χ3n) is 5.26. The molecular formula is C23H26NO3PS. The minimum absolute atomic E-state index is 0.303. The predicted molar refractivity (Wildman–Crippen MR) is 120 cm³/mol. The third-order valence-corrected chi connectivity index (χ3v) is 8.77. The van der Waals surface area contributed by atoms with Gasteiger partial charge < -0.3 is 4.74 Å². The summed E-state index contributed by atoms with van der Waals surface area (Å²) in [7, 11) is -3.25. The van der Waals surface area contributed by atoms with Crippen molar-refractivity contribution in [1.29, 1.82) is 0 Å². The van der Waals surface area contributed by atoms with E-state index < -0.39 is 18.7 Å². The van der Waals surface area contributed by atoms with E-state index in [2.05, 4.69) is 5.09 Å². The number of carbonyl (C=O) groups excluding carboxylic acids is 1. The normalized spacial score (nSPS) is 14.7. The van der Waals surface area contributed by atoms with Crippen LogP contribution in [0.1, 0.15) is 26.3 Å². The van der Waals surface area contributed by atoms with Crippen LogP contribution in [0.25, 0.3) is 0 Å². The quantitative estimate of drug-likeness (QED) is 0.419. The smallest absolute Gasteiger partial charge is 0.310 e. The molecule has 0 amide bonds. The van der Waals surface area contributed by atoms with Crippen LogP contribution < -0.4 is 15.7 Å². The van der Waals surface area contributed by atoms with Crippen molar-refractivity contribution in [3.63, 3.8) is 0 Å². The summed E-state index contributed by atoms with van der Waals surface area (Å²) >= 11 is 1.54. The minimum Gasteiger partial charge on any atom is -0.466 e. The molecule has 0 saturated carbocycles. The van der Waals surface area contributed by atoms with Crippen LogP contribution in [0.4, 0.5) is 0 Å². The van der Waals surface area contributed by atoms with Gasteiger partial charge in [0.1, 0.15) is 0 Å². The second-order valence-corrected chi connectivity index (χ2v) is 10.3. The number of rotatable bonds is 8. The van der Waals surface area contributed by atoms with Gasteiger partial charge in [-0.15, -0.1) is 0 Å². The number of ether oxygens (including phenoxy) is 1. The van der Waals surface area contributed by atoms with Gasteiger partial charge in [-0.25, -0.2) is 5.09 Å². The second-order valence-electron chi connectivity index (χ2n) is 7.08. The second kappa shape index (κ2) is 9.08. The maximum Gasteiger partial charge on any atom is 0.310 e. The zero-order valence-corrected chi connectivity index (χ0v) is 18.6. The van der Waals surface area contributed by atoms with Crippen molar-refractivity contribution in [2.75, 3.05) is 6.61 Å². The molecule has 0 fully saturated rings. The number of carbonyl (C=O) groups is 1. The highest BCUT2D eigenvalue weighted by Gasteiger charge is 2.44. The highest BCUT2D eigenvalue weighted by atomic mass is 32.1. The van der Waals surface area contributed by atoms with Crippen molar-refractivity contribution in [3.05, 3.63) is 83.1 Å². The molecule has 0 radical (unpaired) electrons. The van der Waals surface area contributed by atoms with Gasteiger partial charge in [0.2, 0.25) is 7.29 Å².